The molecule has 0 radical (unpaired) electrons. The van der Waals surface area contributed by atoms with E-state index in [1.54, 1.807) is 0 Å². The molecule has 0 atom stereocenters. The van der Waals surface area contributed by atoms with E-state index in [2.05, 4.69) is 27.7 Å². The highest BCUT2D eigenvalue weighted by molar-refractivity contribution is 7.87. The Morgan fingerprint density at radius 2 is 1.57 bits per heavy atom. The van der Waals surface area contributed by atoms with Crippen molar-refractivity contribution in [1.29, 1.82) is 0 Å². The van der Waals surface area contributed by atoms with Crippen LogP contribution < -0.4 is 0 Å². The quantitative estimate of drug-likeness (QED) is 0.707. The molecule has 0 amide bonds. The van der Waals surface area contributed by atoms with Gasteiger partial charge in [-0.2, -0.15) is 0 Å². The molecule has 0 rings (SSSR count). The summed E-state index contributed by atoms with van der Waals surface area (Å²) in [5, 5.41) is -0.0594. The van der Waals surface area contributed by atoms with E-state index in [-0.39, 0.29) is 5.04 Å². The van der Waals surface area contributed by atoms with E-state index in [9.17, 15) is 8.42 Å². The fourth-order valence-corrected chi connectivity index (χ4v) is 6.46. The van der Waals surface area contributed by atoms with Gasteiger partial charge in [0.15, 0.2) is 0 Å². The summed E-state index contributed by atoms with van der Waals surface area (Å²) in [5.74, 6) is 0.408. The predicted molar refractivity (Wildman–Crippen MR) is 62.3 cm³/mol. The molecule has 0 aromatic heterocycles. The van der Waals surface area contributed by atoms with Gasteiger partial charge in [-0.15, -0.1) is 0 Å². The summed E-state index contributed by atoms with van der Waals surface area (Å²) in [5.41, 5.74) is 0. The summed E-state index contributed by atoms with van der Waals surface area (Å²) in [6.45, 7) is 12.3. The Kier molecular flexibility index (Phi) is 3.98. The van der Waals surface area contributed by atoms with Crippen LogP contribution in [-0.4, -0.2) is 23.0 Å². The normalized spacial score (nSPS) is 14.9. The second-order valence-corrected chi connectivity index (χ2v) is 11.6. The lowest BCUT2D eigenvalue weighted by molar-refractivity contribution is 0.391. The van der Waals surface area contributed by atoms with Crippen LogP contribution in [0.3, 0.4) is 0 Å². The minimum absolute atomic E-state index is 0.0594. The van der Waals surface area contributed by atoms with Crippen LogP contribution in [0.25, 0.3) is 0 Å². The molecule has 0 bridgehead atoms. The summed E-state index contributed by atoms with van der Waals surface area (Å²) in [6.07, 6.45) is 1.12. The third-order valence-electron chi connectivity index (χ3n) is 3.35. The average molecular weight is 238 g/mol. The van der Waals surface area contributed by atoms with E-state index < -0.39 is 18.4 Å². The van der Waals surface area contributed by atoms with Crippen molar-refractivity contribution in [2.45, 2.75) is 45.8 Å². The Bertz CT molecular complexity index is 291. The van der Waals surface area contributed by atoms with Crippen molar-refractivity contribution in [3.05, 3.63) is 0 Å². The Morgan fingerprint density at radius 3 is 1.79 bits per heavy atom. The first-order chi connectivity index (χ1) is 5.90. The van der Waals surface area contributed by atoms with E-state index >= 15 is 0 Å². The Morgan fingerprint density at radius 1 is 1.21 bits per heavy atom. The zero-order valence-corrected chi connectivity index (χ0v) is 12.0. The summed E-state index contributed by atoms with van der Waals surface area (Å²) in [4.78, 5) is 0. The van der Waals surface area contributed by atoms with E-state index in [1.165, 1.54) is 0 Å². The molecule has 0 saturated heterocycles. The first-order valence-electron chi connectivity index (χ1n) is 4.81. The van der Waals surface area contributed by atoms with Gasteiger partial charge in [0.2, 0.25) is 8.32 Å². The van der Waals surface area contributed by atoms with Crippen molar-refractivity contribution in [1.82, 2.24) is 0 Å². The summed E-state index contributed by atoms with van der Waals surface area (Å²) in [7, 11) is -5.55. The first kappa shape index (κ1) is 14.1. The van der Waals surface area contributed by atoms with Crippen molar-refractivity contribution in [2.75, 3.05) is 6.26 Å². The van der Waals surface area contributed by atoms with Crippen LogP contribution in [0.4, 0.5) is 0 Å². The maximum absolute atomic E-state index is 11.1. The lowest BCUT2D eigenvalue weighted by Crippen LogP contribution is -2.46. The van der Waals surface area contributed by atoms with Crippen molar-refractivity contribution in [2.24, 2.45) is 5.92 Å². The van der Waals surface area contributed by atoms with Crippen LogP contribution in [0.1, 0.15) is 27.7 Å². The Labute approximate surface area is 89.1 Å². The van der Waals surface area contributed by atoms with Crippen LogP contribution in [0.2, 0.25) is 18.1 Å². The molecule has 0 aromatic carbocycles. The zero-order valence-electron chi connectivity index (χ0n) is 10.2. The van der Waals surface area contributed by atoms with Crippen LogP contribution in [0.5, 0.6) is 0 Å². The summed E-state index contributed by atoms with van der Waals surface area (Å²) in [6, 6.07) is 0. The fourth-order valence-electron chi connectivity index (χ4n) is 1.18. The lowest BCUT2D eigenvalue weighted by atomic mass is 9.99. The molecule has 86 valence electrons. The number of hydrogen-bond donors (Lipinski definition) is 0. The Balaban J connectivity index is 4.96. The highest BCUT2D eigenvalue weighted by atomic mass is 32.2. The van der Waals surface area contributed by atoms with Crippen LogP contribution in [-0.2, 0) is 14.0 Å². The van der Waals surface area contributed by atoms with Gasteiger partial charge in [-0.3, -0.25) is 0 Å². The third-order valence-corrected chi connectivity index (χ3v) is 9.91. The van der Waals surface area contributed by atoms with Crippen LogP contribution >= 0.6 is 0 Å². The van der Waals surface area contributed by atoms with E-state index in [0.717, 1.165) is 6.26 Å². The SMILES string of the molecule is CC(C)C(C)(C)[Si](C)(C)OS(C)(=O)=O. The molecule has 3 nitrogen and oxygen atoms in total. The van der Waals surface area contributed by atoms with Gasteiger partial charge in [-0.05, 0) is 24.1 Å². The van der Waals surface area contributed by atoms with Crippen LogP contribution in [0.15, 0.2) is 0 Å². The van der Waals surface area contributed by atoms with Gasteiger partial charge < -0.3 is 3.87 Å². The maximum atomic E-state index is 11.1. The van der Waals surface area contributed by atoms with Gasteiger partial charge >= 0.3 is 0 Å². The van der Waals surface area contributed by atoms with Gasteiger partial charge in [0.05, 0.1) is 6.26 Å². The third kappa shape index (κ3) is 3.36. The minimum atomic E-state index is -3.34. The van der Waals surface area contributed by atoms with E-state index in [4.69, 9.17) is 3.87 Å². The molecule has 0 N–H and O–H groups in total. The van der Waals surface area contributed by atoms with Crippen molar-refractivity contribution in [3.8, 4) is 0 Å². The monoisotopic (exact) mass is 238 g/mol. The molecule has 0 unspecified atom stereocenters. The van der Waals surface area contributed by atoms with E-state index in [0.29, 0.717) is 5.92 Å². The van der Waals surface area contributed by atoms with Gasteiger partial charge in [0.1, 0.15) is 0 Å². The van der Waals surface area contributed by atoms with E-state index in [1.807, 2.05) is 13.1 Å². The average Bonchev–Trinajstić information content (AvgIpc) is 1.80. The molecular weight excluding hydrogens is 216 g/mol. The molecule has 0 aliphatic carbocycles. The lowest BCUT2D eigenvalue weighted by Gasteiger charge is -2.41. The van der Waals surface area contributed by atoms with Crippen molar-refractivity contribution in [3.63, 3.8) is 0 Å². The van der Waals surface area contributed by atoms with Crippen molar-refractivity contribution >= 4 is 18.4 Å². The maximum Gasteiger partial charge on any atom is 0.254 e. The van der Waals surface area contributed by atoms with Crippen molar-refractivity contribution < 1.29 is 12.3 Å². The molecule has 0 aliphatic heterocycles. The molecule has 0 saturated carbocycles. The summed E-state index contributed by atoms with van der Waals surface area (Å²) >= 11 is 0. The molecule has 0 fully saturated rings. The molecule has 14 heavy (non-hydrogen) atoms. The highest BCUT2D eigenvalue weighted by Gasteiger charge is 2.45. The van der Waals surface area contributed by atoms with Crippen LogP contribution in [0, 0.1) is 5.92 Å². The van der Waals surface area contributed by atoms with Gasteiger partial charge in [0.25, 0.3) is 10.1 Å². The molecular formula is C9H22O3SSi. The smallest absolute Gasteiger partial charge is 0.254 e. The second kappa shape index (κ2) is 3.94. The molecule has 0 heterocycles. The summed E-state index contributed by atoms with van der Waals surface area (Å²) < 4.78 is 27.5. The number of hydrogen-bond acceptors (Lipinski definition) is 3. The highest BCUT2D eigenvalue weighted by Crippen LogP contribution is 2.45. The predicted octanol–water partition coefficient (Wildman–Crippen LogP) is 2.60. The number of rotatable bonds is 4. The van der Waals surface area contributed by atoms with Gasteiger partial charge in [-0.25, -0.2) is 8.42 Å². The molecule has 0 spiro atoms. The molecule has 0 aromatic rings. The topological polar surface area (TPSA) is 43.4 Å². The first-order valence-corrected chi connectivity index (χ1v) is 9.53. The largest absolute Gasteiger partial charge is 0.315 e. The molecule has 0 aliphatic rings. The van der Waals surface area contributed by atoms with Gasteiger partial charge in [0, 0.05) is 0 Å². The molecule has 5 heteroatoms. The van der Waals surface area contributed by atoms with Gasteiger partial charge in [-0.1, -0.05) is 27.7 Å². The fraction of sp³-hybridized carbons (Fsp3) is 1.00. The zero-order chi connectivity index (χ0) is 11.8. The second-order valence-electron chi connectivity index (χ2n) is 5.17. The standard InChI is InChI=1S/C9H22O3SSi/c1-8(2)9(3,4)14(6,7)12-13(5,10)11/h8H,1-7H3. The minimum Gasteiger partial charge on any atom is -0.315 e. The Hall–Kier alpha value is 0.127.